The largest absolute Gasteiger partial charge is 0.463 e. The smallest absolute Gasteiger partial charge is 0.307 e. The van der Waals surface area contributed by atoms with Gasteiger partial charge in [-0.25, -0.2) is 0 Å². The van der Waals surface area contributed by atoms with Crippen LogP contribution in [0.25, 0.3) is 0 Å². The second-order valence-corrected chi connectivity index (χ2v) is 4.59. The molecule has 0 bridgehead atoms. The van der Waals surface area contributed by atoms with E-state index in [0.717, 1.165) is 13.0 Å². The molecule has 0 aromatic rings. The van der Waals surface area contributed by atoms with E-state index in [9.17, 15) is 4.79 Å². The van der Waals surface area contributed by atoms with Crippen LogP contribution in [-0.2, 0) is 9.53 Å². The van der Waals surface area contributed by atoms with Crippen molar-refractivity contribution in [1.29, 1.82) is 0 Å². The fourth-order valence-corrected chi connectivity index (χ4v) is 1.66. The molecule has 2 atom stereocenters. The van der Waals surface area contributed by atoms with E-state index < -0.39 is 0 Å². The van der Waals surface area contributed by atoms with Gasteiger partial charge in [-0.15, -0.1) is 0 Å². The van der Waals surface area contributed by atoms with E-state index in [2.05, 4.69) is 19.2 Å². The Kier molecular flexibility index (Phi) is 7.39. The van der Waals surface area contributed by atoms with Crippen molar-refractivity contribution in [2.45, 2.75) is 59.6 Å². The van der Waals surface area contributed by atoms with Crippen LogP contribution in [-0.4, -0.2) is 24.7 Å². The van der Waals surface area contributed by atoms with Gasteiger partial charge in [0.2, 0.25) is 0 Å². The summed E-state index contributed by atoms with van der Waals surface area (Å²) in [5, 5.41) is 3.19. The molecule has 0 radical (unpaired) electrons. The van der Waals surface area contributed by atoms with E-state index in [1.165, 1.54) is 0 Å². The number of ether oxygens (including phenoxy) is 1. The predicted molar refractivity (Wildman–Crippen MR) is 62.8 cm³/mol. The van der Waals surface area contributed by atoms with Gasteiger partial charge in [0.15, 0.2) is 0 Å². The van der Waals surface area contributed by atoms with Crippen molar-refractivity contribution in [1.82, 2.24) is 5.32 Å². The number of carbonyl (C=O) groups is 1. The Morgan fingerprint density at radius 2 is 1.87 bits per heavy atom. The molecule has 0 aliphatic carbocycles. The lowest BCUT2D eigenvalue weighted by molar-refractivity contribution is -0.149. The zero-order valence-corrected chi connectivity index (χ0v) is 10.7. The average Bonchev–Trinajstić information content (AvgIpc) is 2.00. The number of rotatable bonds is 7. The Hall–Kier alpha value is -0.570. The fraction of sp³-hybridized carbons (Fsp3) is 0.917. The molecule has 0 rings (SSSR count). The van der Waals surface area contributed by atoms with Crippen LogP contribution in [0.1, 0.15) is 47.5 Å². The molecule has 3 heteroatoms. The molecular formula is C12H25NO2. The lowest BCUT2D eigenvalue weighted by atomic mass is 10.1. The highest BCUT2D eigenvalue weighted by Gasteiger charge is 2.13. The quantitative estimate of drug-likeness (QED) is 0.662. The molecule has 2 unspecified atom stereocenters. The van der Waals surface area contributed by atoms with Gasteiger partial charge in [-0.1, -0.05) is 20.8 Å². The van der Waals surface area contributed by atoms with Crippen LogP contribution in [0.4, 0.5) is 0 Å². The summed E-state index contributed by atoms with van der Waals surface area (Å²) in [6.45, 7) is 11.1. The van der Waals surface area contributed by atoms with E-state index >= 15 is 0 Å². The fourth-order valence-electron chi connectivity index (χ4n) is 1.66. The van der Waals surface area contributed by atoms with Crippen molar-refractivity contribution < 1.29 is 9.53 Å². The van der Waals surface area contributed by atoms with Gasteiger partial charge in [-0.05, 0) is 32.7 Å². The third-order valence-electron chi connectivity index (χ3n) is 2.16. The minimum absolute atomic E-state index is 0.0336. The van der Waals surface area contributed by atoms with Gasteiger partial charge in [0.1, 0.15) is 0 Å². The first kappa shape index (κ1) is 14.4. The highest BCUT2D eigenvalue weighted by molar-refractivity contribution is 5.70. The molecule has 0 aliphatic rings. The molecule has 0 heterocycles. The molecule has 0 fully saturated rings. The number of carbonyl (C=O) groups excluding carboxylic acids is 1. The third kappa shape index (κ3) is 8.43. The summed E-state index contributed by atoms with van der Waals surface area (Å²) in [6.07, 6.45) is 1.42. The van der Waals surface area contributed by atoms with Gasteiger partial charge in [-0.2, -0.15) is 0 Å². The van der Waals surface area contributed by atoms with Crippen molar-refractivity contribution in [3.63, 3.8) is 0 Å². The van der Waals surface area contributed by atoms with Crippen LogP contribution in [0.15, 0.2) is 0 Å². The van der Waals surface area contributed by atoms with Crippen LogP contribution in [0, 0.1) is 5.92 Å². The highest BCUT2D eigenvalue weighted by Crippen LogP contribution is 2.08. The van der Waals surface area contributed by atoms with Crippen molar-refractivity contribution in [2.75, 3.05) is 6.54 Å². The second-order valence-electron chi connectivity index (χ2n) is 4.59. The summed E-state index contributed by atoms with van der Waals surface area (Å²) in [5.74, 6) is 0.468. The van der Waals surface area contributed by atoms with Gasteiger partial charge < -0.3 is 10.1 Å². The summed E-state index contributed by atoms with van der Waals surface area (Å²) >= 11 is 0. The summed E-state index contributed by atoms with van der Waals surface area (Å²) in [4.78, 5) is 11.5. The topological polar surface area (TPSA) is 38.3 Å². The SMILES string of the molecule is CCNC(C)CC(=O)OC(C)CC(C)C. The molecule has 0 spiro atoms. The Bertz CT molecular complexity index is 180. The molecule has 1 N–H and O–H groups in total. The van der Waals surface area contributed by atoms with E-state index in [-0.39, 0.29) is 18.1 Å². The maximum absolute atomic E-state index is 11.5. The Labute approximate surface area is 93.6 Å². The molecule has 0 saturated carbocycles. The highest BCUT2D eigenvalue weighted by atomic mass is 16.5. The number of esters is 1. The molecule has 3 nitrogen and oxygen atoms in total. The van der Waals surface area contributed by atoms with E-state index in [1.807, 2.05) is 20.8 Å². The molecule has 0 amide bonds. The Morgan fingerprint density at radius 1 is 1.27 bits per heavy atom. The van der Waals surface area contributed by atoms with Crippen molar-refractivity contribution in [3.8, 4) is 0 Å². The lowest BCUT2D eigenvalue weighted by Gasteiger charge is -2.17. The maximum Gasteiger partial charge on any atom is 0.307 e. The molecule has 0 aromatic heterocycles. The van der Waals surface area contributed by atoms with Gasteiger partial charge in [0.05, 0.1) is 12.5 Å². The Balaban J connectivity index is 3.72. The molecular weight excluding hydrogens is 190 g/mol. The molecule has 0 aliphatic heterocycles. The summed E-state index contributed by atoms with van der Waals surface area (Å²) in [6, 6.07) is 0.203. The zero-order valence-electron chi connectivity index (χ0n) is 10.7. The molecule has 0 aromatic carbocycles. The number of nitrogens with one attached hydrogen (secondary N) is 1. The van der Waals surface area contributed by atoms with Crippen LogP contribution >= 0.6 is 0 Å². The first-order valence-corrected chi connectivity index (χ1v) is 5.88. The minimum Gasteiger partial charge on any atom is -0.463 e. The van der Waals surface area contributed by atoms with Gasteiger partial charge in [0.25, 0.3) is 0 Å². The van der Waals surface area contributed by atoms with Gasteiger partial charge in [0, 0.05) is 6.04 Å². The standard InChI is InChI=1S/C12H25NO2/c1-6-13-10(4)8-12(14)15-11(5)7-9(2)3/h9-11,13H,6-8H2,1-5H3. The van der Waals surface area contributed by atoms with Crippen LogP contribution in [0.5, 0.6) is 0 Å². The summed E-state index contributed by atoms with van der Waals surface area (Å²) in [7, 11) is 0. The molecule has 90 valence electrons. The first-order valence-electron chi connectivity index (χ1n) is 5.88. The maximum atomic E-state index is 11.5. The average molecular weight is 215 g/mol. The monoisotopic (exact) mass is 215 g/mol. The second kappa shape index (κ2) is 7.69. The van der Waals surface area contributed by atoms with Crippen LogP contribution < -0.4 is 5.32 Å². The predicted octanol–water partition coefficient (Wildman–Crippen LogP) is 2.35. The summed E-state index contributed by atoms with van der Waals surface area (Å²) < 4.78 is 5.30. The van der Waals surface area contributed by atoms with E-state index in [4.69, 9.17) is 4.74 Å². The normalized spacial score (nSPS) is 15.1. The molecule has 0 saturated heterocycles. The number of hydrogen-bond donors (Lipinski definition) is 1. The minimum atomic E-state index is -0.100. The van der Waals surface area contributed by atoms with Crippen molar-refractivity contribution in [3.05, 3.63) is 0 Å². The van der Waals surface area contributed by atoms with Crippen molar-refractivity contribution >= 4 is 5.97 Å². The van der Waals surface area contributed by atoms with Crippen LogP contribution in [0.3, 0.4) is 0 Å². The van der Waals surface area contributed by atoms with E-state index in [0.29, 0.717) is 12.3 Å². The summed E-state index contributed by atoms with van der Waals surface area (Å²) in [5.41, 5.74) is 0. The zero-order chi connectivity index (χ0) is 11.8. The Morgan fingerprint density at radius 3 is 2.33 bits per heavy atom. The molecule has 15 heavy (non-hydrogen) atoms. The van der Waals surface area contributed by atoms with Crippen molar-refractivity contribution in [2.24, 2.45) is 5.92 Å². The van der Waals surface area contributed by atoms with Gasteiger partial charge >= 0.3 is 5.97 Å². The number of hydrogen-bond acceptors (Lipinski definition) is 3. The van der Waals surface area contributed by atoms with Crippen LogP contribution in [0.2, 0.25) is 0 Å². The third-order valence-corrected chi connectivity index (χ3v) is 2.16. The van der Waals surface area contributed by atoms with Gasteiger partial charge in [-0.3, -0.25) is 4.79 Å². The van der Waals surface area contributed by atoms with E-state index in [1.54, 1.807) is 0 Å². The lowest BCUT2D eigenvalue weighted by Crippen LogP contribution is -2.30. The first-order chi connectivity index (χ1) is 6.95.